The first-order valence-corrected chi connectivity index (χ1v) is 21.1. The zero-order valence-corrected chi connectivity index (χ0v) is 33.4. The van der Waals surface area contributed by atoms with Gasteiger partial charge >= 0.3 is 0 Å². The predicted molar refractivity (Wildman–Crippen MR) is 263 cm³/mol. The topological polar surface area (TPSA) is 12.0 Å². The summed E-state index contributed by atoms with van der Waals surface area (Å²) in [5, 5.41) is 18.8. The van der Waals surface area contributed by atoms with Crippen LogP contribution in [-0.2, 0) is 0 Å². The van der Waals surface area contributed by atoms with Gasteiger partial charge in [-0.1, -0.05) is 218 Å². The molecule has 12 rings (SSSR count). The van der Waals surface area contributed by atoms with E-state index in [1.54, 1.807) is 0 Å². The van der Waals surface area contributed by atoms with Crippen molar-refractivity contribution in [2.75, 3.05) is 5.32 Å². The molecule has 284 valence electrons. The van der Waals surface area contributed by atoms with E-state index in [9.17, 15) is 0 Å². The summed E-state index contributed by atoms with van der Waals surface area (Å²) in [5.41, 5.74) is 11.7. The largest absolute Gasteiger partial charge is 0.354 e. The molecule has 0 saturated heterocycles. The molecule has 0 bridgehead atoms. The van der Waals surface area contributed by atoms with Gasteiger partial charge in [-0.2, -0.15) is 0 Å². The number of fused-ring (bicyclic) bond motifs is 6. The summed E-state index contributed by atoms with van der Waals surface area (Å²) >= 11 is 0. The Balaban J connectivity index is 1.25. The van der Waals surface area contributed by atoms with E-state index in [-0.39, 0.29) is 0 Å². The Hall–Kier alpha value is -8.00. The quantitative estimate of drug-likeness (QED) is 0.177. The SMILES string of the molecule is c1ccc2c(-c3c(Nc4cc5ccccc5c(-c5cccc6ccccc56)c4-c4cccc5ccccc45)cc4ccccc4c3-c3cccc4ccccc34)cccc2c1. The molecule has 0 aromatic heterocycles. The van der Waals surface area contributed by atoms with Gasteiger partial charge in [0.15, 0.2) is 0 Å². The Morgan fingerprint density at radius 3 is 0.770 bits per heavy atom. The number of nitrogens with one attached hydrogen (secondary N) is 1. The van der Waals surface area contributed by atoms with Crippen LogP contribution >= 0.6 is 0 Å². The second kappa shape index (κ2) is 14.4. The van der Waals surface area contributed by atoms with E-state index in [1.807, 2.05) is 0 Å². The smallest absolute Gasteiger partial charge is 0.0477 e. The molecule has 12 aromatic carbocycles. The molecule has 0 aliphatic rings. The second-order valence-corrected chi connectivity index (χ2v) is 16.0. The van der Waals surface area contributed by atoms with E-state index in [0.717, 1.165) is 11.4 Å². The third-order valence-corrected chi connectivity index (χ3v) is 12.6. The summed E-state index contributed by atoms with van der Waals surface area (Å²) in [6.07, 6.45) is 0. The lowest BCUT2D eigenvalue weighted by Crippen LogP contribution is -2.02. The van der Waals surface area contributed by atoms with Crippen molar-refractivity contribution in [2.24, 2.45) is 0 Å². The summed E-state index contributed by atoms with van der Waals surface area (Å²) in [6.45, 7) is 0. The van der Waals surface area contributed by atoms with Crippen molar-refractivity contribution in [3.63, 3.8) is 0 Å². The maximum absolute atomic E-state index is 4.27. The van der Waals surface area contributed by atoms with Crippen LogP contribution in [0.1, 0.15) is 0 Å². The first-order valence-electron chi connectivity index (χ1n) is 21.1. The van der Waals surface area contributed by atoms with Crippen LogP contribution in [0.15, 0.2) is 231 Å². The molecule has 0 aliphatic carbocycles. The first-order chi connectivity index (χ1) is 30.3. The fraction of sp³-hybridized carbons (Fsp3) is 0. The zero-order chi connectivity index (χ0) is 40.3. The van der Waals surface area contributed by atoms with Crippen LogP contribution in [0, 0.1) is 0 Å². The lowest BCUT2D eigenvalue weighted by molar-refractivity contribution is 1.55. The minimum atomic E-state index is 1.05. The van der Waals surface area contributed by atoms with Crippen molar-refractivity contribution in [2.45, 2.75) is 0 Å². The van der Waals surface area contributed by atoms with Crippen LogP contribution in [0.4, 0.5) is 11.4 Å². The molecule has 0 spiro atoms. The summed E-state index contributed by atoms with van der Waals surface area (Å²) in [7, 11) is 0. The molecule has 0 aliphatic heterocycles. The normalized spacial score (nSPS) is 11.6. The lowest BCUT2D eigenvalue weighted by atomic mass is 9.83. The van der Waals surface area contributed by atoms with Gasteiger partial charge in [-0.05, 0) is 99.0 Å². The van der Waals surface area contributed by atoms with Gasteiger partial charge in [0.25, 0.3) is 0 Å². The second-order valence-electron chi connectivity index (χ2n) is 16.0. The molecule has 1 nitrogen and oxygen atoms in total. The van der Waals surface area contributed by atoms with Crippen molar-refractivity contribution in [1.82, 2.24) is 0 Å². The van der Waals surface area contributed by atoms with Gasteiger partial charge in [-0.15, -0.1) is 0 Å². The van der Waals surface area contributed by atoms with Gasteiger partial charge in [0.1, 0.15) is 0 Å². The van der Waals surface area contributed by atoms with Crippen LogP contribution in [0.25, 0.3) is 109 Å². The van der Waals surface area contributed by atoms with E-state index >= 15 is 0 Å². The van der Waals surface area contributed by atoms with Crippen molar-refractivity contribution in [3.8, 4) is 44.5 Å². The Kier molecular flexibility index (Phi) is 8.25. The highest BCUT2D eigenvalue weighted by Gasteiger charge is 2.24. The van der Waals surface area contributed by atoms with E-state index < -0.39 is 0 Å². The Morgan fingerprint density at radius 2 is 0.443 bits per heavy atom. The molecule has 1 N–H and O–H groups in total. The summed E-state index contributed by atoms with van der Waals surface area (Å²) in [4.78, 5) is 0. The fourth-order valence-electron chi connectivity index (χ4n) is 9.93. The standard InChI is InChI=1S/C60H39N/c1-7-27-45-39(17-1)23-13-33-51(45)57-49-31-11-5-21-43(49)37-55(59(57)53-35-15-25-41-19-3-9-29-47(41)53)61-56-38-44-22-6-12-32-50(44)58(52-34-14-24-40-18-2-8-28-46(40)52)60(56)54-36-16-26-42-20-4-10-30-48(42)54/h1-38,61H. The molecule has 12 aromatic rings. The molecule has 0 amide bonds. The van der Waals surface area contributed by atoms with Crippen LogP contribution < -0.4 is 5.32 Å². The maximum atomic E-state index is 4.27. The Bertz CT molecular complexity index is 3420. The summed E-state index contributed by atoms with van der Waals surface area (Å²) < 4.78 is 0. The van der Waals surface area contributed by atoms with Crippen molar-refractivity contribution >= 4 is 76.0 Å². The average Bonchev–Trinajstić information content (AvgIpc) is 3.32. The fourth-order valence-corrected chi connectivity index (χ4v) is 9.93. The van der Waals surface area contributed by atoms with Crippen LogP contribution in [0.2, 0.25) is 0 Å². The van der Waals surface area contributed by atoms with Crippen molar-refractivity contribution < 1.29 is 0 Å². The molecule has 0 atom stereocenters. The Morgan fingerprint density at radius 1 is 0.197 bits per heavy atom. The van der Waals surface area contributed by atoms with Crippen molar-refractivity contribution in [3.05, 3.63) is 231 Å². The third-order valence-electron chi connectivity index (χ3n) is 12.6. The Labute approximate surface area is 354 Å². The maximum Gasteiger partial charge on any atom is 0.0477 e. The van der Waals surface area contributed by atoms with Crippen LogP contribution in [-0.4, -0.2) is 0 Å². The molecule has 0 saturated carbocycles. The molecule has 0 radical (unpaired) electrons. The molecule has 0 fully saturated rings. The molecule has 0 heterocycles. The summed E-state index contributed by atoms with van der Waals surface area (Å²) in [6, 6.07) is 84.6. The molecule has 61 heavy (non-hydrogen) atoms. The number of anilines is 2. The average molecular weight is 774 g/mol. The molecular weight excluding hydrogens is 735 g/mol. The number of hydrogen-bond donors (Lipinski definition) is 1. The van der Waals surface area contributed by atoms with E-state index in [1.165, 1.54) is 109 Å². The van der Waals surface area contributed by atoms with Gasteiger partial charge < -0.3 is 5.32 Å². The lowest BCUT2D eigenvalue weighted by Gasteiger charge is -2.25. The van der Waals surface area contributed by atoms with Gasteiger partial charge in [-0.25, -0.2) is 0 Å². The highest BCUT2D eigenvalue weighted by Crippen LogP contribution is 2.51. The number of benzene rings is 12. The number of rotatable bonds is 6. The van der Waals surface area contributed by atoms with E-state index in [2.05, 4.69) is 236 Å². The molecule has 1 heteroatoms. The van der Waals surface area contributed by atoms with Gasteiger partial charge in [0, 0.05) is 33.6 Å². The third kappa shape index (κ3) is 5.78. The van der Waals surface area contributed by atoms with Crippen molar-refractivity contribution in [1.29, 1.82) is 0 Å². The minimum Gasteiger partial charge on any atom is -0.354 e. The zero-order valence-electron chi connectivity index (χ0n) is 33.4. The monoisotopic (exact) mass is 773 g/mol. The minimum absolute atomic E-state index is 1.05. The van der Waals surface area contributed by atoms with Gasteiger partial charge in [0.2, 0.25) is 0 Å². The summed E-state index contributed by atoms with van der Waals surface area (Å²) in [5.74, 6) is 0. The van der Waals surface area contributed by atoms with Crippen LogP contribution in [0.3, 0.4) is 0 Å². The highest BCUT2D eigenvalue weighted by molar-refractivity contribution is 6.20. The molecular formula is C60H39N. The highest BCUT2D eigenvalue weighted by atomic mass is 14.9. The van der Waals surface area contributed by atoms with E-state index in [0.29, 0.717) is 0 Å². The molecule has 0 unspecified atom stereocenters. The van der Waals surface area contributed by atoms with E-state index in [4.69, 9.17) is 0 Å². The predicted octanol–water partition coefficient (Wildman–Crippen LogP) is 17.0. The van der Waals surface area contributed by atoms with Crippen LogP contribution in [0.5, 0.6) is 0 Å². The van der Waals surface area contributed by atoms with Gasteiger partial charge in [0.05, 0.1) is 0 Å². The van der Waals surface area contributed by atoms with Gasteiger partial charge in [-0.3, -0.25) is 0 Å². The first kappa shape index (κ1) is 35.0. The number of hydrogen-bond acceptors (Lipinski definition) is 1.